The Hall–Kier alpha value is -1.50. The van der Waals surface area contributed by atoms with E-state index in [1.54, 1.807) is 0 Å². The lowest BCUT2D eigenvalue weighted by Crippen LogP contribution is -2.46. The van der Waals surface area contributed by atoms with Gasteiger partial charge in [-0.1, -0.05) is 0 Å². The average Bonchev–Trinajstić information content (AvgIpc) is 2.82. The molecule has 2 fully saturated rings. The lowest BCUT2D eigenvalue weighted by Gasteiger charge is -2.28. The van der Waals surface area contributed by atoms with Gasteiger partial charge in [-0.2, -0.15) is 0 Å². The first-order valence-corrected chi connectivity index (χ1v) is 7.92. The second kappa shape index (κ2) is 7.67. The monoisotopic (exact) mass is 305 g/mol. The highest BCUT2D eigenvalue weighted by Crippen LogP contribution is 2.11. The first-order chi connectivity index (χ1) is 10.8. The highest BCUT2D eigenvalue weighted by atomic mass is 16.6. The number of amides is 1. The average molecular weight is 305 g/mol. The third-order valence-corrected chi connectivity index (χ3v) is 4.15. The van der Waals surface area contributed by atoms with E-state index < -0.39 is 6.10 Å². The van der Waals surface area contributed by atoms with Gasteiger partial charge < -0.3 is 14.4 Å². The van der Waals surface area contributed by atoms with Gasteiger partial charge in [-0.3, -0.25) is 14.7 Å². The largest absolute Gasteiger partial charge is 0.376 e. The van der Waals surface area contributed by atoms with E-state index in [1.807, 2.05) is 29.4 Å². The molecule has 0 radical (unpaired) electrons. The summed E-state index contributed by atoms with van der Waals surface area (Å²) in [6, 6.07) is 4.09. The fourth-order valence-corrected chi connectivity index (χ4v) is 2.93. The van der Waals surface area contributed by atoms with Crippen molar-refractivity contribution in [2.75, 3.05) is 46.0 Å². The molecule has 2 aliphatic rings. The minimum Gasteiger partial charge on any atom is -0.376 e. The molecule has 6 heteroatoms. The van der Waals surface area contributed by atoms with E-state index in [9.17, 15) is 4.79 Å². The maximum absolute atomic E-state index is 12.5. The number of pyridine rings is 1. The fourth-order valence-electron chi connectivity index (χ4n) is 2.93. The second-order valence-electron chi connectivity index (χ2n) is 5.74. The van der Waals surface area contributed by atoms with Crippen molar-refractivity contribution in [2.24, 2.45) is 0 Å². The lowest BCUT2D eigenvalue weighted by atomic mass is 10.2. The number of carbonyl (C=O) groups is 1. The van der Waals surface area contributed by atoms with Crippen molar-refractivity contribution in [3.63, 3.8) is 0 Å². The van der Waals surface area contributed by atoms with Gasteiger partial charge in [-0.15, -0.1) is 0 Å². The molecule has 1 aromatic heterocycles. The van der Waals surface area contributed by atoms with Crippen molar-refractivity contribution in [3.8, 4) is 0 Å². The number of carbonyl (C=O) groups excluding carboxylic acids is 1. The second-order valence-corrected chi connectivity index (χ2v) is 5.74. The molecule has 1 amide bonds. The van der Waals surface area contributed by atoms with Crippen molar-refractivity contribution in [2.45, 2.75) is 19.1 Å². The summed E-state index contributed by atoms with van der Waals surface area (Å²) < 4.78 is 10.9. The van der Waals surface area contributed by atoms with E-state index in [2.05, 4.69) is 9.88 Å². The zero-order valence-electron chi connectivity index (χ0n) is 12.8. The molecule has 0 saturated carbocycles. The van der Waals surface area contributed by atoms with Gasteiger partial charge in [0.15, 0.2) is 6.10 Å². The van der Waals surface area contributed by atoms with Crippen molar-refractivity contribution < 1.29 is 14.3 Å². The topological polar surface area (TPSA) is 54.9 Å². The molecule has 3 rings (SSSR count). The maximum Gasteiger partial charge on any atom is 0.254 e. The highest BCUT2D eigenvalue weighted by Gasteiger charge is 2.28. The van der Waals surface area contributed by atoms with Gasteiger partial charge in [0.25, 0.3) is 5.91 Å². The molecule has 2 aliphatic heterocycles. The zero-order valence-corrected chi connectivity index (χ0v) is 12.8. The lowest BCUT2D eigenvalue weighted by molar-refractivity contribution is -0.157. The molecule has 120 valence electrons. The molecular weight excluding hydrogens is 282 g/mol. The van der Waals surface area contributed by atoms with Crippen LogP contribution in [0, 0.1) is 0 Å². The fraction of sp³-hybridized carbons (Fsp3) is 0.625. The first kappa shape index (κ1) is 15.4. The van der Waals surface area contributed by atoms with Crippen molar-refractivity contribution >= 4 is 5.91 Å². The third-order valence-electron chi connectivity index (χ3n) is 4.15. The van der Waals surface area contributed by atoms with Crippen molar-refractivity contribution in [1.29, 1.82) is 0 Å². The van der Waals surface area contributed by atoms with E-state index >= 15 is 0 Å². The first-order valence-electron chi connectivity index (χ1n) is 7.92. The number of aromatic nitrogens is 1. The summed E-state index contributed by atoms with van der Waals surface area (Å²) in [5.74, 6) is 0.0745. The normalized spacial score (nSPS) is 24.0. The standard InChI is InChI=1S/C16H23N3O3/c20-16(15-13-21-10-11-22-15)19-7-1-6-18(8-9-19)12-14-2-4-17-5-3-14/h2-5,15H,1,6-13H2/t15-/m0/s1. The predicted octanol–water partition coefficient (Wildman–Crippen LogP) is 0.531. The van der Waals surface area contributed by atoms with Gasteiger partial charge in [-0.25, -0.2) is 0 Å². The Kier molecular flexibility index (Phi) is 5.37. The summed E-state index contributed by atoms with van der Waals surface area (Å²) in [4.78, 5) is 20.8. The molecule has 22 heavy (non-hydrogen) atoms. The molecule has 0 spiro atoms. The number of nitrogens with zero attached hydrogens (tertiary/aromatic N) is 3. The van der Waals surface area contributed by atoms with Crippen molar-refractivity contribution in [1.82, 2.24) is 14.8 Å². The van der Waals surface area contributed by atoms with Gasteiger partial charge in [0.2, 0.25) is 0 Å². The summed E-state index contributed by atoms with van der Waals surface area (Å²) in [5, 5.41) is 0. The molecule has 1 atom stereocenters. The molecule has 2 saturated heterocycles. The summed E-state index contributed by atoms with van der Waals surface area (Å²) in [6.07, 6.45) is 4.22. The molecule has 0 aromatic carbocycles. The smallest absolute Gasteiger partial charge is 0.254 e. The van der Waals surface area contributed by atoms with Crippen LogP contribution in [0.15, 0.2) is 24.5 Å². The molecular formula is C16H23N3O3. The zero-order chi connectivity index (χ0) is 15.2. The van der Waals surface area contributed by atoms with Crippen LogP contribution in [0.2, 0.25) is 0 Å². The Morgan fingerprint density at radius 1 is 1.18 bits per heavy atom. The summed E-state index contributed by atoms with van der Waals surface area (Å²) >= 11 is 0. The third kappa shape index (κ3) is 4.03. The number of hydrogen-bond acceptors (Lipinski definition) is 5. The van der Waals surface area contributed by atoms with E-state index in [-0.39, 0.29) is 5.91 Å². The minimum absolute atomic E-state index is 0.0745. The molecule has 3 heterocycles. The minimum atomic E-state index is -0.416. The summed E-state index contributed by atoms with van der Waals surface area (Å²) in [5.41, 5.74) is 1.26. The van der Waals surface area contributed by atoms with E-state index in [1.165, 1.54) is 5.56 Å². The van der Waals surface area contributed by atoms with E-state index in [0.29, 0.717) is 19.8 Å². The van der Waals surface area contributed by atoms with Crippen LogP contribution in [-0.2, 0) is 20.8 Å². The quantitative estimate of drug-likeness (QED) is 0.815. The van der Waals surface area contributed by atoms with Crippen LogP contribution < -0.4 is 0 Å². The predicted molar refractivity (Wildman–Crippen MR) is 81.3 cm³/mol. The molecule has 0 N–H and O–H groups in total. The Morgan fingerprint density at radius 3 is 2.82 bits per heavy atom. The van der Waals surface area contributed by atoms with Gasteiger partial charge in [0, 0.05) is 45.1 Å². The molecule has 0 unspecified atom stereocenters. The van der Waals surface area contributed by atoms with Gasteiger partial charge in [0.05, 0.1) is 19.8 Å². The van der Waals surface area contributed by atoms with Crippen LogP contribution in [0.3, 0.4) is 0 Å². The van der Waals surface area contributed by atoms with Crippen LogP contribution in [0.1, 0.15) is 12.0 Å². The van der Waals surface area contributed by atoms with Crippen LogP contribution >= 0.6 is 0 Å². The number of hydrogen-bond donors (Lipinski definition) is 0. The van der Waals surface area contributed by atoms with E-state index in [4.69, 9.17) is 9.47 Å². The summed E-state index contributed by atoms with van der Waals surface area (Å²) in [7, 11) is 0. The van der Waals surface area contributed by atoms with Crippen molar-refractivity contribution in [3.05, 3.63) is 30.1 Å². The highest BCUT2D eigenvalue weighted by molar-refractivity contribution is 5.81. The Bertz CT molecular complexity index is 477. The molecule has 0 bridgehead atoms. The molecule has 6 nitrogen and oxygen atoms in total. The summed E-state index contributed by atoms with van der Waals surface area (Å²) in [6.45, 7) is 5.84. The Balaban J connectivity index is 1.52. The number of ether oxygens (including phenoxy) is 2. The van der Waals surface area contributed by atoms with Crippen LogP contribution in [0.25, 0.3) is 0 Å². The van der Waals surface area contributed by atoms with Crippen LogP contribution in [-0.4, -0.2) is 72.8 Å². The van der Waals surface area contributed by atoms with Gasteiger partial charge >= 0.3 is 0 Å². The van der Waals surface area contributed by atoms with Gasteiger partial charge in [0.1, 0.15) is 0 Å². The van der Waals surface area contributed by atoms with E-state index in [0.717, 1.165) is 39.1 Å². The van der Waals surface area contributed by atoms with Crippen LogP contribution in [0.5, 0.6) is 0 Å². The maximum atomic E-state index is 12.5. The Labute approximate surface area is 131 Å². The van der Waals surface area contributed by atoms with Crippen LogP contribution in [0.4, 0.5) is 0 Å². The Morgan fingerprint density at radius 2 is 2.05 bits per heavy atom. The SMILES string of the molecule is O=C([C@@H]1COCCO1)N1CCCN(Cc2ccncc2)CC1. The molecule has 0 aliphatic carbocycles. The number of rotatable bonds is 3. The van der Waals surface area contributed by atoms with Gasteiger partial charge in [-0.05, 0) is 24.1 Å². The molecule has 1 aromatic rings.